The molecule has 1 unspecified atom stereocenters. The Labute approximate surface area is 105 Å². The van der Waals surface area contributed by atoms with E-state index in [0.717, 1.165) is 24.7 Å². The lowest BCUT2D eigenvalue weighted by Crippen LogP contribution is -2.51. The normalized spacial score (nSPS) is 19.9. The Morgan fingerprint density at radius 3 is 3.00 bits per heavy atom. The van der Waals surface area contributed by atoms with Crippen molar-refractivity contribution in [2.45, 2.75) is 19.4 Å². The van der Waals surface area contributed by atoms with Gasteiger partial charge in [-0.05, 0) is 25.1 Å². The van der Waals surface area contributed by atoms with Crippen molar-refractivity contribution in [2.24, 2.45) is 0 Å². The van der Waals surface area contributed by atoms with Crippen molar-refractivity contribution in [1.82, 2.24) is 10.2 Å². The maximum atomic E-state index is 13.4. The second-order valence-electron chi connectivity index (χ2n) is 4.61. The molecule has 0 aromatic heterocycles. The van der Waals surface area contributed by atoms with Gasteiger partial charge in [-0.1, -0.05) is 0 Å². The lowest BCUT2D eigenvalue weighted by molar-refractivity contribution is -0.131. The molecule has 3 nitrogen and oxygen atoms in total. The second-order valence-corrected chi connectivity index (χ2v) is 4.61. The second kappa shape index (κ2) is 5.44. The molecular formula is C13H16F2N2O. The van der Waals surface area contributed by atoms with Gasteiger partial charge in [0.05, 0.1) is 6.42 Å². The maximum Gasteiger partial charge on any atom is 0.227 e. The van der Waals surface area contributed by atoms with Crippen LogP contribution in [0, 0.1) is 11.6 Å². The molecule has 1 aliphatic heterocycles. The number of nitrogens with one attached hydrogen (secondary N) is 1. The van der Waals surface area contributed by atoms with Crippen LogP contribution in [0.15, 0.2) is 18.2 Å². The van der Waals surface area contributed by atoms with E-state index in [1.165, 1.54) is 0 Å². The molecule has 0 bridgehead atoms. The number of hydrogen-bond donors (Lipinski definition) is 1. The van der Waals surface area contributed by atoms with Crippen LogP contribution in [-0.2, 0) is 11.2 Å². The van der Waals surface area contributed by atoms with Gasteiger partial charge in [0, 0.05) is 31.2 Å². The Bertz CT molecular complexity index is 451. The third-order valence-corrected chi connectivity index (χ3v) is 3.07. The number of carbonyl (C=O) groups excluding carboxylic acids is 1. The molecule has 1 aliphatic rings. The van der Waals surface area contributed by atoms with E-state index in [0.29, 0.717) is 13.1 Å². The smallest absolute Gasteiger partial charge is 0.227 e. The first kappa shape index (κ1) is 13.0. The van der Waals surface area contributed by atoms with Gasteiger partial charge in [-0.3, -0.25) is 4.79 Å². The minimum absolute atomic E-state index is 0.0870. The molecule has 18 heavy (non-hydrogen) atoms. The van der Waals surface area contributed by atoms with Gasteiger partial charge in [-0.25, -0.2) is 8.78 Å². The molecule has 0 saturated carbocycles. The Hall–Kier alpha value is -1.49. The van der Waals surface area contributed by atoms with E-state index in [4.69, 9.17) is 0 Å². The largest absolute Gasteiger partial charge is 0.340 e. The number of hydrogen-bond acceptors (Lipinski definition) is 2. The van der Waals surface area contributed by atoms with E-state index >= 15 is 0 Å². The number of benzene rings is 1. The Balaban J connectivity index is 2.04. The van der Waals surface area contributed by atoms with Crippen LogP contribution in [0.5, 0.6) is 0 Å². The molecule has 1 aromatic carbocycles. The zero-order valence-electron chi connectivity index (χ0n) is 10.2. The van der Waals surface area contributed by atoms with E-state index in [1.54, 1.807) is 4.90 Å². The molecule has 0 spiro atoms. The molecule has 0 aliphatic carbocycles. The Morgan fingerprint density at radius 1 is 1.50 bits per heavy atom. The highest BCUT2D eigenvalue weighted by Gasteiger charge is 2.21. The first-order valence-electron chi connectivity index (χ1n) is 6.01. The van der Waals surface area contributed by atoms with Gasteiger partial charge in [0.25, 0.3) is 0 Å². The van der Waals surface area contributed by atoms with Gasteiger partial charge >= 0.3 is 0 Å². The molecule has 1 atom stereocenters. The van der Waals surface area contributed by atoms with E-state index in [2.05, 4.69) is 5.32 Å². The number of piperazine rings is 1. The maximum absolute atomic E-state index is 13.4. The first-order valence-corrected chi connectivity index (χ1v) is 6.01. The van der Waals surface area contributed by atoms with Crippen LogP contribution in [-0.4, -0.2) is 36.5 Å². The molecule has 1 aromatic rings. The zero-order chi connectivity index (χ0) is 13.1. The molecule has 0 radical (unpaired) electrons. The van der Waals surface area contributed by atoms with Crippen molar-refractivity contribution in [1.29, 1.82) is 0 Å². The summed E-state index contributed by atoms with van der Waals surface area (Å²) >= 11 is 0. The monoisotopic (exact) mass is 254 g/mol. The highest BCUT2D eigenvalue weighted by Crippen LogP contribution is 2.12. The minimum atomic E-state index is -0.534. The summed E-state index contributed by atoms with van der Waals surface area (Å²) in [5, 5.41) is 3.22. The fourth-order valence-corrected chi connectivity index (χ4v) is 2.11. The predicted octanol–water partition coefficient (Wildman–Crippen LogP) is 1.33. The summed E-state index contributed by atoms with van der Waals surface area (Å²) in [6.07, 6.45) is -0.0870. The van der Waals surface area contributed by atoms with Crippen LogP contribution in [0.25, 0.3) is 0 Å². The lowest BCUT2D eigenvalue weighted by atomic mass is 10.1. The predicted molar refractivity (Wildman–Crippen MR) is 64.1 cm³/mol. The average Bonchev–Trinajstić information content (AvgIpc) is 2.34. The topological polar surface area (TPSA) is 32.3 Å². The zero-order valence-corrected chi connectivity index (χ0v) is 10.2. The highest BCUT2D eigenvalue weighted by molar-refractivity contribution is 5.79. The van der Waals surface area contributed by atoms with E-state index in [-0.39, 0.29) is 23.9 Å². The fourth-order valence-electron chi connectivity index (χ4n) is 2.11. The van der Waals surface area contributed by atoms with Crippen molar-refractivity contribution < 1.29 is 13.6 Å². The Kier molecular flexibility index (Phi) is 3.91. The number of carbonyl (C=O) groups is 1. The van der Waals surface area contributed by atoms with Crippen molar-refractivity contribution in [3.05, 3.63) is 35.4 Å². The molecule has 2 rings (SSSR count). The molecule has 1 N–H and O–H groups in total. The molecule has 98 valence electrons. The van der Waals surface area contributed by atoms with Crippen molar-refractivity contribution in [2.75, 3.05) is 19.6 Å². The van der Waals surface area contributed by atoms with Crippen LogP contribution in [0.2, 0.25) is 0 Å². The van der Waals surface area contributed by atoms with E-state index in [9.17, 15) is 13.6 Å². The summed E-state index contributed by atoms with van der Waals surface area (Å²) in [7, 11) is 0. The van der Waals surface area contributed by atoms with Crippen molar-refractivity contribution in [3.8, 4) is 0 Å². The van der Waals surface area contributed by atoms with Gasteiger partial charge in [0.2, 0.25) is 5.91 Å². The van der Waals surface area contributed by atoms with Crippen LogP contribution >= 0.6 is 0 Å². The van der Waals surface area contributed by atoms with Crippen LogP contribution in [0.3, 0.4) is 0 Å². The summed E-state index contributed by atoms with van der Waals surface area (Å²) in [6, 6.07) is 3.42. The number of rotatable bonds is 2. The van der Waals surface area contributed by atoms with Crippen molar-refractivity contribution >= 4 is 5.91 Å². The number of halogens is 2. The standard InChI is InChI=1S/C13H16F2N2O/c1-9-8-17(5-4-16-9)13(18)7-10-6-11(14)2-3-12(10)15/h2-3,6,9,16H,4-5,7-8H2,1H3. The number of amides is 1. The quantitative estimate of drug-likeness (QED) is 0.863. The van der Waals surface area contributed by atoms with Gasteiger partial charge in [0.1, 0.15) is 11.6 Å². The van der Waals surface area contributed by atoms with E-state index in [1.807, 2.05) is 6.92 Å². The molecule has 5 heteroatoms. The highest BCUT2D eigenvalue weighted by atomic mass is 19.1. The van der Waals surface area contributed by atoms with Gasteiger partial charge in [-0.15, -0.1) is 0 Å². The van der Waals surface area contributed by atoms with Gasteiger partial charge in [0.15, 0.2) is 0 Å². The van der Waals surface area contributed by atoms with Gasteiger partial charge in [-0.2, -0.15) is 0 Å². The van der Waals surface area contributed by atoms with E-state index < -0.39 is 11.6 Å². The summed E-state index contributed by atoms with van der Waals surface area (Å²) in [5.74, 6) is -1.21. The third kappa shape index (κ3) is 3.04. The molecule has 1 fully saturated rings. The summed E-state index contributed by atoms with van der Waals surface area (Å²) in [6.45, 7) is 3.94. The van der Waals surface area contributed by atoms with Crippen molar-refractivity contribution in [3.63, 3.8) is 0 Å². The molecule has 1 saturated heterocycles. The summed E-state index contributed by atoms with van der Waals surface area (Å²) in [4.78, 5) is 13.7. The molecular weight excluding hydrogens is 238 g/mol. The molecule has 1 amide bonds. The average molecular weight is 254 g/mol. The molecule has 1 heterocycles. The summed E-state index contributed by atoms with van der Waals surface area (Å²) < 4.78 is 26.4. The third-order valence-electron chi connectivity index (χ3n) is 3.07. The Morgan fingerprint density at radius 2 is 2.28 bits per heavy atom. The van der Waals surface area contributed by atoms with Crippen LogP contribution in [0.4, 0.5) is 8.78 Å². The SMILES string of the molecule is CC1CN(C(=O)Cc2cc(F)ccc2F)CCN1. The first-order chi connectivity index (χ1) is 8.56. The minimum Gasteiger partial charge on any atom is -0.340 e. The lowest BCUT2D eigenvalue weighted by Gasteiger charge is -2.32. The van der Waals surface area contributed by atoms with Gasteiger partial charge < -0.3 is 10.2 Å². The number of nitrogens with zero attached hydrogens (tertiary/aromatic N) is 1. The fraction of sp³-hybridized carbons (Fsp3) is 0.462. The van der Waals surface area contributed by atoms with Crippen LogP contribution < -0.4 is 5.32 Å². The van der Waals surface area contributed by atoms with Crippen LogP contribution in [0.1, 0.15) is 12.5 Å². The summed E-state index contributed by atoms with van der Waals surface area (Å²) in [5.41, 5.74) is 0.117.